The Labute approximate surface area is 119 Å². The zero-order valence-electron chi connectivity index (χ0n) is 11.7. The molecule has 1 aromatic rings. The highest BCUT2D eigenvalue weighted by molar-refractivity contribution is 6.45. The number of hydrogen-bond acceptors (Lipinski definition) is 2. The van der Waals surface area contributed by atoms with Gasteiger partial charge in [-0.15, -0.1) is 0 Å². The summed E-state index contributed by atoms with van der Waals surface area (Å²) in [6.07, 6.45) is 6.80. The van der Waals surface area contributed by atoms with E-state index in [1.807, 2.05) is 18.2 Å². The third kappa shape index (κ3) is 1.77. The minimum Gasteiger partial charge on any atom is -0.290 e. The van der Waals surface area contributed by atoms with Gasteiger partial charge in [0.1, 0.15) is 0 Å². The molecule has 0 radical (unpaired) electrons. The van der Waals surface area contributed by atoms with E-state index in [2.05, 4.69) is 0 Å². The number of carbonyl (C=O) groups is 2. The van der Waals surface area contributed by atoms with Gasteiger partial charge in [0.05, 0.1) is 0 Å². The van der Waals surface area contributed by atoms with Crippen molar-refractivity contribution in [3.05, 3.63) is 35.9 Å². The van der Waals surface area contributed by atoms with Crippen LogP contribution in [0.3, 0.4) is 0 Å². The first kappa shape index (κ1) is 12.3. The van der Waals surface area contributed by atoms with E-state index in [-0.39, 0.29) is 17.0 Å². The topological polar surface area (TPSA) is 34.1 Å². The Kier molecular flexibility index (Phi) is 2.63. The van der Waals surface area contributed by atoms with E-state index in [4.69, 9.17) is 0 Å². The molecule has 20 heavy (non-hydrogen) atoms. The van der Waals surface area contributed by atoms with Crippen LogP contribution in [0.25, 0.3) is 0 Å². The van der Waals surface area contributed by atoms with Gasteiger partial charge < -0.3 is 0 Å². The molecule has 2 heteroatoms. The van der Waals surface area contributed by atoms with E-state index in [9.17, 15) is 9.59 Å². The quantitative estimate of drug-likeness (QED) is 0.619. The summed E-state index contributed by atoms with van der Waals surface area (Å²) in [6.45, 7) is 0. The molecule has 0 heterocycles. The summed E-state index contributed by atoms with van der Waals surface area (Å²) in [4.78, 5) is 25.4. The van der Waals surface area contributed by atoms with Crippen LogP contribution in [0.15, 0.2) is 30.3 Å². The maximum Gasteiger partial charge on any atom is 0.229 e. The van der Waals surface area contributed by atoms with Crippen LogP contribution < -0.4 is 0 Å². The Morgan fingerprint density at radius 1 is 0.850 bits per heavy atom. The van der Waals surface area contributed by atoms with E-state index in [1.54, 1.807) is 12.1 Å². The lowest BCUT2D eigenvalue weighted by Crippen LogP contribution is -2.51. The SMILES string of the molecule is O=C(C(=O)C12CC3CC(CC(C3)C1)C2)c1ccccc1. The van der Waals surface area contributed by atoms with Crippen LogP contribution >= 0.6 is 0 Å². The Morgan fingerprint density at radius 2 is 1.35 bits per heavy atom. The molecule has 5 rings (SSSR count). The predicted octanol–water partition coefficient (Wildman–Crippen LogP) is 3.65. The molecule has 4 aliphatic rings. The molecule has 0 saturated heterocycles. The summed E-state index contributed by atoms with van der Waals surface area (Å²) < 4.78 is 0. The van der Waals surface area contributed by atoms with Gasteiger partial charge in [-0.05, 0) is 56.3 Å². The van der Waals surface area contributed by atoms with E-state index >= 15 is 0 Å². The van der Waals surface area contributed by atoms with Crippen LogP contribution in [0.4, 0.5) is 0 Å². The number of Topliss-reactive ketones (excluding diaryl/α,β-unsaturated/α-hetero) is 2. The fourth-order valence-corrected chi connectivity index (χ4v) is 5.35. The van der Waals surface area contributed by atoms with Gasteiger partial charge in [-0.2, -0.15) is 0 Å². The third-order valence-corrected chi connectivity index (χ3v) is 5.76. The molecule has 0 amide bonds. The van der Waals surface area contributed by atoms with Gasteiger partial charge in [-0.1, -0.05) is 30.3 Å². The molecule has 1 aromatic carbocycles. The number of carbonyl (C=O) groups excluding carboxylic acids is 2. The zero-order valence-corrected chi connectivity index (χ0v) is 11.7. The molecule has 4 bridgehead atoms. The molecule has 2 nitrogen and oxygen atoms in total. The van der Waals surface area contributed by atoms with Crippen molar-refractivity contribution in [3.8, 4) is 0 Å². The third-order valence-electron chi connectivity index (χ3n) is 5.76. The molecule has 4 fully saturated rings. The van der Waals surface area contributed by atoms with Crippen LogP contribution in [-0.4, -0.2) is 11.6 Å². The minimum absolute atomic E-state index is 0.0946. The molecule has 4 aliphatic carbocycles. The first-order valence-electron chi connectivity index (χ1n) is 7.80. The Hall–Kier alpha value is -1.44. The largest absolute Gasteiger partial charge is 0.290 e. The van der Waals surface area contributed by atoms with Crippen LogP contribution in [0, 0.1) is 23.2 Å². The van der Waals surface area contributed by atoms with E-state index in [1.165, 1.54) is 19.3 Å². The van der Waals surface area contributed by atoms with Crippen molar-refractivity contribution in [1.82, 2.24) is 0 Å². The number of benzene rings is 1. The van der Waals surface area contributed by atoms with Gasteiger partial charge in [0.15, 0.2) is 0 Å². The smallest absolute Gasteiger partial charge is 0.229 e. The molecule has 0 atom stereocenters. The summed E-state index contributed by atoms with van der Waals surface area (Å²) >= 11 is 0. The van der Waals surface area contributed by atoms with Gasteiger partial charge in [-0.25, -0.2) is 0 Å². The minimum atomic E-state index is -0.304. The second-order valence-electron chi connectivity index (χ2n) is 7.22. The summed E-state index contributed by atoms with van der Waals surface area (Å²) in [7, 11) is 0. The summed E-state index contributed by atoms with van der Waals surface area (Å²) in [5.41, 5.74) is 0.259. The first-order chi connectivity index (χ1) is 9.66. The average molecular weight is 268 g/mol. The van der Waals surface area contributed by atoms with Crippen LogP contribution in [0.2, 0.25) is 0 Å². The fourth-order valence-electron chi connectivity index (χ4n) is 5.35. The van der Waals surface area contributed by atoms with Crippen LogP contribution in [0.5, 0.6) is 0 Å². The lowest BCUT2D eigenvalue weighted by molar-refractivity contribution is -0.138. The Morgan fingerprint density at radius 3 is 1.85 bits per heavy atom. The van der Waals surface area contributed by atoms with E-state index < -0.39 is 0 Å². The maximum atomic E-state index is 12.8. The molecule has 104 valence electrons. The van der Waals surface area contributed by atoms with Gasteiger partial charge >= 0.3 is 0 Å². The van der Waals surface area contributed by atoms with Crippen molar-refractivity contribution in [2.75, 3.05) is 0 Å². The van der Waals surface area contributed by atoms with Gasteiger partial charge in [0.25, 0.3) is 0 Å². The number of rotatable bonds is 3. The van der Waals surface area contributed by atoms with Gasteiger partial charge in [0.2, 0.25) is 11.6 Å². The highest BCUT2D eigenvalue weighted by atomic mass is 16.2. The average Bonchev–Trinajstić information content (AvgIpc) is 2.45. The molecule has 0 unspecified atom stereocenters. The highest BCUT2D eigenvalue weighted by Crippen LogP contribution is 2.60. The van der Waals surface area contributed by atoms with Crippen molar-refractivity contribution in [2.45, 2.75) is 38.5 Å². The molecule has 0 spiro atoms. The summed E-state index contributed by atoms with van der Waals surface area (Å²) in [6, 6.07) is 9.08. The van der Waals surface area contributed by atoms with Crippen LogP contribution in [-0.2, 0) is 4.79 Å². The predicted molar refractivity (Wildman–Crippen MR) is 76.4 cm³/mol. The first-order valence-corrected chi connectivity index (χ1v) is 7.80. The lowest BCUT2D eigenvalue weighted by Gasteiger charge is -2.55. The molecular weight excluding hydrogens is 248 g/mol. The molecular formula is C18H20O2. The Bertz CT molecular complexity index is 523. The normalized spacial score (nSPS) is 37.9. The van der Waals surface area contributed by atoms with Crippen LogP contribution in [0.1, 0.15) is 48.9 Å². The molecule has 0 aliphatic heterocycles. The highest BCUT2D eigenvalue weighted by Gasteiger charge is 2.55. The number of hydrogen-bond donors (Lipinski definition) is 0. The van der Waals surface area contributed by atoms with Crippen molar-refractivity contribution in [2.24, 2.45) is 23.2 Å². The maximum absolute atomic E-state index is 12.8. The standard InChI is InChI=1S/C18H20O2/c19-16(15-4-2-1-3-5-15)17(20)18-9-12-6-13(10-18)8-14(7-12)11-18/h1-5,12-14H,6-11H2. The summed E-state index contributed by atoms with van der Waals surface area (Å²) in [5.74, 6) is 1.76. The van der Waals surface area contributed by atoms with E-state index in [0.717, 1.165) is 19.3 Å². The van der Waals surface area contributed by atoms with Crippen molar-refractivity contribution in [3.63, 3.8) is 0 Å². The second kappa shape index (κ2) is 4.28. The monoisotopic (exact) mass is 268 g/mol. The molecule has 0 N–H and O–H groups in total. The lowest BCUT2D eigenvalue weighted by atomic mass is 9.48. The second-order valence-corrected chi connectivity index (χ2v) is 7.22. The van der Waals surface area contributed by atoms with Gasteiger partial charge in [-0.3, -0.25) is 9.59 Å². The fraction of sp³-hybridized carbons (Fsp3) is 0.556. The number of ketones is 2. The van der Waals surface area contributed by atoms with Crippen molar-refractivity contribution in [1.29, 1.82) is 0 Å². The molecule has 0 aromatic heterocycles. The zero-order chi connectivity index (χ0) is 13.7. The summed E-state index contributed by atoms with van der Waals surface area (Å²) in [5, 5.41) is 0. The van der Waals surface area contributed by atoms with Gasteiger partial charge in [0, 0.05) is 11.0 Å². The van der Waals surface area contributed by atoms with Crippen molar-refractivity contribution < 1.29 is 9.59 Å². The molecule has 4 saturated carbocycles. The Balaban J connectivity index is 1.64. The van der Waals surface area contributed by atoms with E-state index in [0.29, 0.717) is 23.3 Å². The van der Waals surface area contributed by atoms with Crippen molar-refractivity contribution >= 4 is 11.6 Å².